The van der Waals surface area contributed by atoms with Crippen LogP contribution in [0.2, 0.25) is 0 Å². The number of hydrogen-bond acceptors (Lipinski definition) is 5. The fourth-order valence-corrected chi connectivity index (χ4v) is 2.85. The van der Waals surface area contributed by atoms with Gasteiger partial charge in [0.15, 0.2) is 11.6 Å². The number of benzene rings is 2. The number of hydrogen-bond donors (Lipinski definition) is 1. The summed E-state index contributed by atoms with van der Waals surface area (Å²) >= 11 is 0. The molecule has 3 aromatic rings. The Hall–Kier alpha value is -2.80. The average molecular weight is 357 g/mol. The summed E-state index contributed by atoms with van der Waals surface area (Å²) < 4.78 is 37.5. The second kappa shape index (κ2) is 7.21. The standard InChI is InChI=1S/C19H17F2N3O2/c20-13-1-4-18(16(21)10-13)26-15-2-3-17-12(9-15)11-22-19(24-17)23-14-5-7-25-8-6-14/h1-4,9-11,14H,5-8H2,(H,22,23,24). The summed E-state index contributed by atoms with van der Waals surface area (Å²) in [6, 6.07) is 8.69. The number of ether oxygens (including phenoxy) is 2. The molecular formula is C19H17F2N3O2. The Kier molecular flexibility index (Phi) is 4.62. The number of anilines is 1. The Labute approximate surface area is 149 Å². The van der Waals surface area contributed by atoms with Crippen molar-refractivity contribution in [2.24, 2.45) is 0 Å². The van der Waals surface area contributed by atoms with E-state index in [9.17, 15) is 8.78 Å². The first-order chi connectivity index (χ1) is 12.7. The molecule has 0 spiro atoms. The van der Waals surface area contributed by atoms with E-state index in [0.29, 0.717) is 17.7 Å². The van der Waals surface area contributed by atoms with Crippen LogP contribution in [-0.2, 0) is 4.74 Å². The summed E-state index contributed by atoms with van der Waals surface area (Å²) in [6.45, 7) is 1.48. The minimum atomic E-state index is -0.752. The van der Waals surface area contributed by atoms with Gasteiger partial charge in [-0.3, -0.25) is 0 Å². The molecule has 7 heteroatoms. The van der Waals surface area contributed by atoms with Crippen LogP contribution in [0, 0.1) is 11.6 Å². The van der Waals surface area contributed by atoms with Crippen LogP contribution in [0.5, 0.6) is 11.5 Å². The van der Waals surface area contributed by atoms with Gasteiger partial charge in [0.05, 0.1) is 5.52 Å². The lowest BCUT2D eigenvalue weighted by Crippen LogP contribution is -2.28. The van der Waals surface area contributed by atoms with Crippen molar-refractivity contribution >= 4 is 16.9 Å². The fraction of sp³-hybridized carbons (Fsp3) is 0.263. The zero-order valence-corrected chi connectivity index (χ0v) is 13.9. The van der Waals surface area contributed by atoms with E-state index >= 15 is 0 Å². The Balaban J connectivity index is 1.53. The number of fused-ring (bicyclic) bond motifs is 1. The van der Waals surface area contributed by atoms with Crippen molar-refractivity contribution in [3.05, 3.63) is 54.2 Å². The summed E-state index contributed by atoms with van der Waals surface area (Å²) in [6.07, 6.45) is 3.55. The molecule has 0 amide bonds. The van der Waals surface area contributed by atoms with Gasteiger partial charge in [-0.05, 0) is 43.2 Å². The van der Waals surface area contributed by atoms with Crippen LogP contribution in [0.1, 0.15) is 12.8 Å². The van der Waals surface area contributed by atoms with Gasteiger partial charge in [0, 0.05) is 36.9 Å². The molecule has 0 unspecified atom stereocenters. The third-order valence-corrected chi connectivity index (χ3v) is 4.23. The van der Waals surface area contributed by atoms with Gasteiger partial charge in [0.2, 0.25) is 5.95 Å². The predicted octanol–water partition coefficient (Wildman–Crippen LogP) is 4.29. The van der Waals surface area contributed by atoms with Gasteiger partial charge in [-0.25, -0.2) is 18.7 Å². The maximum atomic E-state index is 13.7. The molecular weight excluding hydrogens is 340 g/mol. The molecule has 1 fully saturated rings. The van der Waals surface area contributed by atoms with Crippen molar-refractivity contribution in [3.8, 4) is 11.5 Å². The van der Waals surface area contributed by atoms with Crippen LogP contribution in [0.15, 0.2) is 42.6 Å². The van der Waals surface area contributed by atoms with Crippen molar-refractivity contribution in [2.75, 3.05) is 18.5 Å². The van der Waals surface area contributed by atoms with E-state index in [-0.39, 0.29) is 5.75 Å². The second-order valence-corrected chi connectivity index (χ2v) is 6.12. The first-order valence-electron chi connectivity index (χ1n) is 8.41. The van der Waals surface area contributed by atoms with Crippen molar-refractivity contribution in [2.45, 2.75) is 18.9 Å². The maximum absolute atomic E-state index is 13.7. The quantitative estimate of drug-likeness (QED) is 0.755. The van der Waals surface area contributed by atoms with Gasteiger partial charge < -0.3 is 14.8 Å². The van der Waals surface area contributed by atoms with Gasteiger partial charge >= 0.3 is 0 Å². The highest BCUT2D eigenvalue weighted by molar-refractivity contribution is 5.80. The molecule has 0 aliphatic carbocycles. The van der Waals surface area contributed by atoms with Gasteiger partial charge in [-0.1, -0.05) is 0 Å². The lowest BCUT2D eigenvalue weighted by Gasteiger charge is -2.23. The van der Waals surface area contributed by atoms with Crippen LogP contribution in [-0.4, -0.2) is 29.2 Å². The molecule has 0 bridgehead atoms. The third kappa shape index (κ3) is 3.72. The minimum Gasteiger partial charge on any atom is -0.454 e. The zero-order chi connectivity index (χ0) is 17.9. The van der Waals surface area contributed by atoms with Gasteiger partial charge in [-0.15, -0.1) is 0 Å². The SMILES string of the molecule is Fc1ccc(Oc2ccc3nc(NC4CCOCC4)ncc3c2)c(F)c1. The maximum Gasteiger partial charge on any atom is 0.223 e. The molecule has 1 aromatic heterocycles. The molecule has 0 radical (unpaired) electrons. The monoisotopic (exact) mass is 357 g/mol. The Morgan fingerprint density at radius 3 is 2.73 bits per heavy atom. The number of nitrogens with one attached hydrogen (secondary N) is 1. The van der Waals surface area contributed by atoms with Crippen LogP contribution >= 0.6 is 0 Å². The Bertz CT molecular complexity index is 930. The van der Waals surface area contributed by atoms with Gasteiger partial charge in [0.1, 0.15) is 11.6 Å². The summed E-state index contributed by atoms with van der Waals surface area (Å²) in [5, 5.41) is 4.09. The van der Waals surface area contributed by atoms with E-state index in [1.807, 2.05) is 0 Å². The van der Waals surface area contributed by atoms with Gasteiger partial charge in [-0.2, -0.15) is 0 Å². The Morgan fingerprint density at radius 1 is 1.08 bits per heavy atom. The van der Waals surface area contributed by atoms with Crippen molar-refractivity contribution in [1.82, 2.24) is 9.97 Å². The first kappa shape index (κ1) is 16.7. The molecule has 5 nitrogen and oxygen atoms in total. The van der Waals surface area contributed by atoms with E-state index < -0.39 is 11.6 Å². The number of aromatic nitrogens is 2. The second-order valence-electron chi connectivity index (χ2n) is 6.12. The largest absolute Gasteiger partial charge is 0.454 e. The normalized spacial score (nSPS) is 15.2. The first-order valence-corrected chi connectivity index (χ1v) is 8.41. The van der Waals surface area contributed by atoms with Crippen molar-refractivity contribution < 1.29 is 18.3 Å². The van der Waals surface area contributed by atoms with E-state index in [1.165, 1.54) is 6.07 Å². The third-order valence-electron chi connectivity index (χ3n) is 4.23. The summed E-state index contributed by atoms with van der Waals surface area (Å²) in [5.74, 6) is -0.437. The molecule has 26 heavy (non-hydrogen) atoms. The topological polar surface area (TPSA) is 56.3 Å². The van der Waals surface area contributed by atoms with Crippen LogP contribution in [0.25, 0.3) is 10.9 Å². The molecule has 2 heterocycles. The van der Waals surface area contributed by atoms with Crippen LogP contribution in [0.4, 0.5) is 14.7 Å². The Morgan fingerprint density at radius 2 is 1.92 bits per heavy atom. The molecule has 4 rings (SSSR count). The number of rotatable bonds is 4. The summed E-state index contributed by atoms with van der Waals surface area (Å²) in [7, 11) is 0. The fourth-order valence-electron chi connectivity index (χ4n) is 2.85. The lowest BCUT2D eigenvalue weighted by molar-refractivity contribution is 0.0903. The predicted molar refractivity (Wildman–Crippen MR) is 93.4 cm³/mol. The minimum absolute atomic E-state index is 0.0375. The number of nitrogens with zero attached hydrogens (tertiary/aromatic N) is 2. The molecule has 0 saturated carbocycles. The van der Waals surface area contributed by atoms with E-state index in [1.54, 1.807) is 24.4 Å². The summed E-state index contributed by atoms with van der Waals surface area (Å²) in [4.78, 5) is 8.84. The highest BCUT2D eigenvalue weighted by Crippen LogP contribution is 2.27. The smallest absolute Gasteiger partial charge is 0.223 e. The van der Waals surface area contributed by atoms with Gasteiger partial charge in [0.25, 0.3) is 0 Å². The molecule has 0 atom stereocenters. The van der Waals surface area contributed by atoms with Crippen LogP contribution < -0.4 is 10.1 Å². The van der Waals surface area contributed by atoms with E-state index in [0.717, 1.165) is 49.1 Å². The number of halogens is 2. The summed E-state index contributed by atoms with van der Waals surface area (Å²) in [5.41, 5.74) is 0.751. The van der Waals surface area contributed by atoms with Crippen molar-refractivity contribution in [3.63, 3.8) is 0 Å². The molecule has 1 aliphatic rings. The van der Waals surface area contributed by atoms with Crippen molar-refractivity contribution in [1.29, 1.82) is 0 Å². The molecule has 1 aliphatic heterocycles. The molecule has 1 saturated heterocycles. The van der Waals surface area contributed by atoms with E-state index in [4.69, 9.17) is 9.47 Å². The molecule has 2 aromatic carbocycles. The average Bonchev–Trinajstić information content (AvgIpc) is 2.65. The zero-order valence-electron chi connectivity index (χ0n) is 13.9. The lowest BCUT2D eigenvalue weighted by atomic mass is 10.1. The van der Waals surface area contributed by atoms with E-state index in [2.05, 4.69) is 15.3 Å². The molecule has 1 N–H and O–H groups in total. The van der Waals surface area contributed by atoms with Crippen LogP contribution in [0.3, 0.4) is 0 Å². The highest BCUT2D eigenvalue weighted by atomic mass is 19.1. The highest BCUT2D eigenvalue weighted by Gasteiger charge is 2.14. The molecule has 134 valence electrons.